The van der Waals surface area contributed by atoms with Crippen LogP contribution in [0.5, 0.6) is 0 Å². The monoisotopic (exact) mass is 333 g/mol. The summed E-state index contributed by atoms with van der Waals surface area (Å²) in [5.41, 5.74) is 0. The number of carbonyl (C=O) groups is 1. The highest BCUT2D eigenvalue weighted by Gasteiger charge is 2.34. The van der Waals surface area contributed by atoms with Crippen LogP contribution >= 0.6 is 0 Å². The Kier molecular flexibility index (Phi) is 4.83. The molecule has 4 rings (SSSR count). The van der Waals surface area contributed by atoms with Gasteiger partial charge < -0.3 is 14.2 Å². The van der Waals surface area contributed by atoms with Gasteiger partial charge in [-0.25, -0.2) is 0 Å². The van der Waals surface area contributed by atoms with Crippen LogP contribution in [-0.2, 0) is 16.0 Å². The second kappa shape index (κ2) is 7.21. The molecular weight excluding hydrogens is 306 g/mol. The van der Waals surface area contributed by atoms with E-state index in [4.69, 9.17) is 9.26 Å². The van der Waals surface area contributed by atoms with E-state index in [0.717, 1.165) is 50.7 Å². The number of carbonyl (C=O) groups excluding carboxylic acids is 1. The second-order valence-corrected chi connectivity index (χ2v) is 7.57. The summed E-state index contributed by atoms with van der Waals surface area (Å²) in [6.45, 7) is 3.08. The maximum Gasteiger partial charge on any atom is 0.231 e. The Labute approximate surface area is 142 Å². The number of nitrogens with zero attached hydrogens (tertiary/aromatic N) is 3. The summed E-state index contributed by atoms with van der Waals surface area (Å²) in [6, 6.07) is 0. The molecule has 6 nitrogen and oxygen atoms in total. The topological polar surface area (TPSA) is 68.5 Å². The molecule has 0 bridgehead atoms. The minimum atomic E-state index is 0.198. The smallest absolute Gasteiger partial charge is 0.231 e. The van der Waals surface area contributed by atoms with E-state index >= 15 is 0 Å². The van der Waals surface area contributed by atoms with Crippen LogP contribution in [0.2, 0.25) is 0 Å². The molecular formula is C18H27N3O3. The number of ether oxygens (including phenoxy) is 1. The minimum absolute atomic E-state index is 0.198. The molecule has 1 aliphatic heterocycles. The van der Waals surface area contributed by atoms with Crippen molar-refractivity contribution in [2.45, 2.75) is 57.3 Å². The number of hydrogen-bond acceptors (Lipinski definition) is 5. The van der Waals surface area contributed by atoms with Crippen molar-refractivity contribution in [1.29, 1.82) is 0 Å². The van der Waals surface area contributed by atoms with E-state index in [2.05, 4.69) is 10.1 Å². The highest BCUT2D eigenvalue weighted by Crippen LogP contribution is 2.32. The van der Waals surface area contributed by atoms with Gasteiger partial charge >= 0.3 is 0 Å². The maximum absolute atomic E-state index is 12.5. The summed E-state index contributed by atoms with van der Waals surface area (Å²) < 4.78 is 11.1. The van der Waals surface area contributed by atoms with Crippen molar-refractivity contribution in [3.05, 3.63) is 11.7 Å². The van der Waals surface area contributed by atoms with E-state index in [1.54, 1.807) is 0 Å². The van der Waals surface area contributed by atoms with Crippen molar-refractivity contribution in [3.63, 3.8) is 0 Å². The van der Waals surface area contributed by atoms with Crippen LogP contribution in [0.4, 0.5) is 0 Å². The van der Waals surface area contributed by atoms with Crippen LogP contribution in [0, 0.1) is 11.8 Å². The standard InChI is InChI=1S/C18H27N3O3/c22-18(14-3-1-2-4-14)21-9-7-15(11-21)17-19-16(20-24-17)8-10-23-12-13-5-6-13/h13-15H,1-12H2. The van der Waals surface area contributed by atoms with Crippen molar-refractivity contribution >= 4 is 5.91 Å². The first-order valence-corrected chi connectivity index (χ1v) is 9.48. The van der Waals surface area contributed by atoms with E-state index in [9.17, 15) is 4.79 Å². The SMILES string of the molecule is O=C(C1CCCC1)N1CCC(c2nc(CCOCC3CC3)no2)C1. The highest BCUT2D eigenvalue weighted by molar-refractivity contribution is 5.79. The third-order valence-corrected chi connectivity index (χ3v) is 5.56. The van der Waals surface area contributed by atoms with Gasteiger partial charge in [-0.05, 0) is 38.0 Å². The Morgan fingerprint density at radius 3 is 2.83 bits per heavy atom. The molecule has 1 aromatic rings. The van der Waals surface area contributed by atoms with Gasteiger partial charge in [-0.15, -0.1) is 0 Å². The molecule has 2 saturated carbocycles. The first-order valence-electron chi connectivity index (χ1n) is 9.48. The van der Waals surface area contributed by atoms with Gasteiger partial charge in [-0.1, -0.05) is 18.0 Å². The van der Waals surface area contributed by atoms with E-state index in [1.165, 1.54) is 25.7 Å². The number of likely N-dealkylation sites (tertiary alicyclic amines) is 1. The average Bonchev–Trinajstić information content (AvgIpc) is 3.07. The van der Waals surface area contributed by atoms with E-state index in [-0.39, 0.29) is 11.8 Å². The van der Waals surface area contributed by atoms with Gasteiger partial charge in [0.15, 0.2) is 5.82 Å². The van der Waals surface area contributed by atoms with Gasteiger partial charge in [0.05, 0.1) is 12.5 Å². The minimum Gasteiger partial charge on any atom is -0.381 e. The fourth-order valence-electron chi connectivity index (χ4n) is 3.83. The quantitative estimate of drug-likeness (QED) is 0.717. The molecule has 0 spiro atoms. The average molecular weight is 333 g/mol. The Morgan fingerprint density at radius 2 is 2.04 bits per heavy atom. The van der Waals surface area contributed by atoms with Crippen molar-refractivity contribution < 1.29 is 14.1 Å². The lowest BCUT2D eigenvalue weighted by Gasteiger charge is -2.19. The van der Waals surface area contributed by atoms with E-state index < -0.39 is 0 Å². The van der Waals surface area contributed by atoms with Gasteiger partial charge in [0, 0.05) is 32.0 Å². The van der Waals surface area contributed by atoms with Crippen LogP contribution < -0.4 is 0 Å². The third-order valence-electron chi connectivity index (χ3n) is 5.56. The summed E-state index contributed by atoms with van der Waals surface area (Å²) in [4.78, 5) is 19.0. The molecule has 6 heteroatoms. The first kappa shape index (κ1) is 16.1. The van der Waals surface area contributed by atoms with Gasteiger partial charge in [0.1, 0.15) is 0 Å². The number of amides is 1. The molecule has 0 N–H and O–H groups in total. The van der Waals surface area contributed by atoms with E-state index in [0.29, 0.717) is 24.8 Å². The summed E-state index contributed by atoms with van der Waals surface area (Å²) in [5.74, 6) is 2.99. The zero-order valence-corrected chi connectivity index (χ0v) is 14.3. The molecule has 1 aromatic heterocycles. The van der Waals surface area contributed by atoms with Crippen molar-refractivity contribution in [2.75, 3.05) is 26.3 Å². The Hall–Kier alpha value is -1.43. The molecule has 1 amide bonds. The molecule has 0 radical (unpaired) electrons. The predicted octanol–water partition coefficient (Wildman–Crippen LogP) is 2.54. The number of aromatic nitrogens is 2. The van der Waals surface area contributed by atoms with Crippen LogP contribution in [0.3, 0.4) is 0 Å². The molecule has 1 unspecified atom stereocenters. The zero-order valence-electron chi connectivity index (χ0n) is 14.3. The van der Waals surface area contributed by atoms with Crippen molar-refractivity contribution in [1.82, 2.24) is 15.0 Å². The molecule has 3 fully saturated rings. The van der Waals surface area contributed by atoms with Crippen LogP contribution in [0.1, 0.15) is 62.6 Å². The maximum atomic E-state index is 12.5. The molecule has 1 atom stereocenters. The molecule has 0 aromatic carbocycles. The summed E-state index contributed by atoms with van der Waals surface area (Å²) in [5, 5.41) is 4.07. The lowest BCUT2D eigenvalue weighted by atomic mass is 10.1. The van der Waals surface area contributed by atoms with Crippen LogP contribution in [0.15, 0.2) is 4.52 Å². The zero-order chi connectivity index (χ0) is 16.4. The lowest BCUT2D eigenvalue weighted by Crippen LogP contribution is -2.33. The Balaban J connectivity index is 1.24. The molecule has 3 aliphatic rings. The molecule has 132 valence electrons. The fourth-order valence-corrected chi connectivity index (χ4v) is 3.83. The number of rotatable bonds is 7. The Bertz CT molecular complexity index is 564. The summed E-state index contributed by atoms with van der Waals surface area (Å²) >= 11 is 0. The normalized spacial score (nSPS) is 24.8. The van der Waals surface area contributed by atoms with Gasteiger partial charge in [0.25, 0.3) is 0 Å². The van der Waals surface area contributed by atoms with Crippen LogP contribution in [0.25, 0.3) is 0 Å². The summed E-state index contributed by atoms with van der Waals surface area (Å²) in [7, 11) is 0. The number of hydrogen-bond donors (Lipinski definition) is 0. The molecule has 24 heavy (non-hydrogen) atoms. The largest absolute Gasteiger partial charge is 0.381 e. The van der Waals surface area contributed by atoms with Gasteiger partial charge in [-0.2, -0.15) is 4.98 Å². The summed E-state index contributed by atoms with van der Waals surface area (Å²) in [6.07, 6.45) is 8.77. The molecule has 2 aliphatic carbocycles. The van der Waals surface area contributed by atoms with Gasteiger partial charge in [-0.3, -0.25) is 4.79 Å². The molecule has 1 saturated heterocycles. The lowest BCUT2D eigenvalue weighted by molar-refractivity contribution is -0.134. The van der Waals surface area contributed by atoms with Crippen molar-refractivity contribution in [2.24, 2.45) is 11.8 Å². The second-order valence-electron chi connectivity index (χ2n) is 7.57. The first-order chi connectivity index (χ1) is 11.8. The predicted molar refractivity (Wildman–Crippen MR) is 87.4 cm³/mol. The Morgan fingerprint density at radius 1 is 1.21 bits per heavy atom. The molecule has 2 heterocycles. The van der Waals surface area contributed by atoms with Crippen molar-refractivity contribution in [3.8, 4) is 0 Å². The van der Waals surface area contributed by atoms with Gasteiger partial charge in [0.2, 0.25) is 11.8 Å². The van der Waals surface area contributed by atoms with Crippen LogP contribution in [-0.4, -0.2) is 47.3 Å². The van der Waals surface area contributed by atoms with E-state index in [1.807, 2.05) is 4.90 Å². The highest BCUT2D eigenvalue weighted by atomic mass is 16.5. The third kappa shape index (κ3) is 3.79. The fraction of sp³-hybridized carbons (Fsp3) is 0.833.